The van der Waals surface area contributed by atoms with Crippen LogP contribution in [-0.2, 0) is 24.6 Å². The molecule has 1 unspecified atom stereocenters. The van der Waals surface area contributed by atoms with E-state index in [-0.39, 0.29) is 11.7 Å². The first-order valence-corrected chi connectivity index (χ1v) is 12.8. The van der Waals surface area contributed by atoms with Crippen molar-refractivity contribution < 1.29 is 24.0 Å². The highest BCUT2D eigenvalue weighted by Gasteiger charge is 2.54. The van der Waals surface area contributed by atoms with E-state index < -0.39 is 17.4 Å². The third-order valence-electron chi connectivity index (χ3n) is 7.62. The highest BCUT2D eigenvalue weighted by atomic mass is 16.7. The van der Waals surface area contributed by atoms with Gasteiger partial charge in [0.25, 0.3) is 5.91 Å². The van der Waals surface area contributed by atoms with Crippen molar-refractivity contribution in [1.29, 1.82) is 0 Å². The minimum absolute atomic E-state index is 0.275. The molecule has 0 radical (unpaired) electrons. The monoisotopic (exact) mass is 492 g/mol. The van der Waals surface area contributed by atoms with Gasteiger partial charge in [-0.3, -0.25) is 9.69 Å². The molecule has 4 bridgehead atoms. The van der Waals surface area contributed by atoms with Crippen molar-refractivity contribution in [3.05, 3.63) is 48.2 Å². The smallest absolute Gasteiger partial charge is 0.418 e. The molecule has 9 heteroatoms. The van der Waals surface area contributed by atoms with E-state index in [0.29, 0.717) is 24.1 Å². The molecule has 9 nitrogen and oxygen atoms in total. The highest BCUT2D eigenvalue weighted by Crippen LogP contribution is 2.52. The maximum Gasteiger partial charge on any atom is 0.442 e. The van der Waals surface area contributed by atoms with Crippen LogP contribution in [0.1, 0.15) is 51.0 Å². The predicted molar refractivity (Wildman–Crippen MR) is 134 cm³/mol. The number of anilines is 2. The van der Waals surface area contributed by atoms with Crippen LogP contribution in [0.15, 0.2) is 42.6 Å². The van der Waals surface area contributed by atoms with Crippen LogP contribution in [0.3, 0.4) is 0 Å². The molecule has 3 aliphatic rings. The first kappa shape index (κ1) is 24.2. The number of rotatable bonds is 9. The zero-order valence-corrected chi connectivity index (χ0v) is 20.6. The maximum atomic E-state index is 13.5. The van der Waals surface area contributed by atoms with Crippen molar-refractivity contribution in [1.82, 2.24) is 9.88 Å². The number of unbranched alkanes of at least 4 members (excludes halogenated alkanes) is 3. The average molecular weight is 493 g/mol. The lowest BCUT2D eigenvalue weighted by atomic mass is 9.74. The van der Waals surface area contributed by atoms with Crippen LogP contribution in [0, 0.1) is 0 Å². The summed E-state index contributed by atoms with van der Waals surface area (Å²) in [7, 11) is 0. The zero-order chi connectivity index (χ0) is 25.1. The number of hydroxylamine groups is 1. The Kier molecular flexibility index (Phi) is 6.91. The van der Waals surface area contributed by atoms with E-state index in [0.717, 1.165) is 69.3 Å². The van der Waals surface area contributed by atoms with E-state index >= 15 is 0 Å². The second-order valence-electron chi connectivity index (χ2n) is 9.63. The molecule has 1 aromatic heterocycles. The summed E-state index contributed by atoms with van der Waals surface area (Å²) in [5.41, 5.74) is 0.285. The first-order chi connectivity index (χ1) is 17.5. The van der Waals surface area contributed by atoms with Crippen molar-refractivity contribution >= 4 is 29.4 Å². The van der Waals surface area contributed by atoms with E-state index in [4.69, 9.17) is 9.57 Å². The molecule has 0 aliphatic carbocycles. The molecule has 36 heavy (non-hydrogen) atoms. The molecular weight excluding hydrogens is 460 g/mol. The van der Waals surface area contributed by atoms with Gasteiger partial charge < -0.3 is 14.5 Å². The van der Waals surface area contributed by atoms with E-state index in [9.17, 15) is 14.4 Å². The largest absolute Gasteiger partial charge is 0.442 e. The fourth-order valence-electron chi connectivity index (χ4n) is 5.61. The molecule has 1 atom stereocenters. The van der Waals surface area contributed by atoms with Gasteiger partial charge in [0.1, 0.15) is 11.6 Å². The molecule has 0 spiro atoms. The van der Waals surface area contributed by atoms with E-state index in [1.165, 1.54) is 0 Å². The van der Waals surface area contributed by atoms with Gasteiger partial charge in [-0.1, -0.05) is 38.3 Å². The molecule has 3 aliphatic heterocycles. The lowest BCUT2D eigenvalue weighted by Gasteiger charge is -2.35. The van der Waals surface area contributed by atoms with Gasteiger partial charge in [0.05, 0.1) is 11.1 Å². The highest BCUT2D eigenvalue weighted by molar-refractivity contribution is 6.31. The second kappa shape index (κ2) is 10.3. The van der Waals surface area contributed by atoms with Gasteiger partial charge in [-0.15, -0.1) is 5.06 Å². The van der Waals surface area contributed by atoms with E-state index in [1.54, 1.807) is 18.2 Å². The second-order valence-corrected chi connectivity index (χ2v) is 9.63. The van der Waals surface area contributed by atoms with Gasteiger partial charge in [-0.25, -0.2) is 14.6 Å². The lowest BCUT2D eigenvalue weighted by molar-refractivity contribution is -0.165. The van der Waals surface area contributed by atoms with Crippen LogP contribution in [-0.4, -0.2) is 60.5 Å². The summed E-state index contributed by atoms with van der Waals surface area (Å²) in [6, 6.07) is 11.1. The average Bonchev–Trinajstić information content (AvgIpc) is 3.16. The number of carbonyl (C=O) groups is 3. The van der Waals surface area contributed by atoms with Crippen LogP contribution in [0.4, 0.5) is 11.5 Å². The zero-order valence-electron chi connectivity index (χ0n) is 20.6. The van der Waals surface area contributed by atoms with Crippen molar-refractivity contribution in [2.45, 2.75) is 50.9 Å². The summed E-state index contributed by atoms with van der Waals surface area (Å²) >= 11 is 0. The number of piperazine rings is 1. The summed E-state index contributed by atoms with van der Waals surface area (Å²) in [4.78, 5) is 51.9. The number of benzene rings is 1. The number of carbonyl (C=O) groups excluding carboxylic acids is 3. The van der Waals surface area contributed by atoms with Crippen LogP contribution in [0.25, 0.3) is 0 Å². The Morgan fingerprint density at radius 3 is 2.47 bits per heavy atom. The molecule has 0 N–H and O–H groups in total. The van der Waals surface area contributed by atoms with Crippen molar-refractivity contribution in [2.75, 3.05) is 42.7 Å². The lowest BCUT2D eigenvalue weighted by Crippen LogP contribution is -2.46. The molecule has 1 aromatic carbocycles. The van der Waals surface area contributed by atoms with Crippen LogP contribution >= 0.6 is 0 Å². The van der Waals surface area contributed by atoms with Crippen LogP contribution in [0.5, 0.6) is 5.75 Å². The first-order valence-electron chi connectivity index (χ1n) is 12.8. The molecule has 1 amide bonds. The third-order valence-corrected chi connectivity index (χ3v) is 7.62. The Bertz CT molecular complexity index is 1130. The number of ether oxygens (including phenoxy) is 1. The van der Waals surface area contributed by atoms with Crippen molar-refractivity contribution in [2.24, 2.45) is 0 Å². The minimum atomic E-state index is -1.19. The fraction of sp³-hybridized carbons (Fsp3) is 0.481. The topological polar surface area (TPSA) is 92.3 Å². The summed E-state index contributed by atoms with van der Waals surface area (Å²) in [5.74, 6) is -1.28. The SMILES string of the molecule is CCC1(CCCCCCN2CCN(c3ccccn3)CC2)C(=O)N2OC(=O)C(=O)Oc3cccc2c31. The van der Waals surface area contributed by atoms with Crippen LogP contribution < -0.4 is 14.7 Å². The number of hydrogen-bond donors (Lipinski definition) is 0. The van der Waals surface area contributed by atoms with Gasteiger partial charge in [-0.05, 0) is 50.1 Å². The number of amides is 1. The molecule has 0 saturated carbocycles. The summed E-state index contributed by atoms with van der Waals surface area (Å²) < 4.78 is 5.30. The summed E-state index contributed by atoms with van der Waals surface area (Å²) in [6.45, 7) is 7.08. The number of nitrogens with zero attached hydrogens (tertiary/aromatic N) is 4. The molecule has 2 aromatic rings. The van der Waals surface area contributed by atoms with Crippen molar-refractivity contribution in [3.8, 4) is 5.75 Å². The minimum Gasteiger partial charge on any atom is -0.418 e. The van der Waals surface area contributed by atoms with Gasteiger partial charge >= 0.3 is 11.9 Å². The predicted octanol–water partition coefficient (Wildman–Crippen LogP) is 3.23. The standard InChI is InChI=1S/C27H32N4O5/c1-2-27(23-20-10-9-11-21(23)35-24(32)25(33)36-31(20)26(27)34)13-6-3-4-8-15-29-16-18-30(19-17-29)22-12-5-7-14-28-22/h5,7,9-12,14H,2-4,6,8,13,15-19H2,1H3. The Balaban J connectivity index is 1.13. The third kappa shape index (κ3) is 4.43. The molecule has 1 fully saturated rings. The summed E-state index contributed by atoms with van der Waals surface area (Å²) in [5, 5.41) is 0.996. The van der Waals surface area contributed by atoms with Gasteiger partial charge in [0, 0.05) is 37.9 Å². The van der Waals surface area contributed by atoms with Gasteiger partial charge in [0.15, 0.2) is 0 Å². The molecule has 5 rings (SSSR count). The van der Waals surface area contributed by atoms with Crippen molar-refractivity contribution in [3.63, 3.8) is 0 Å². The Labute approximate surface area is 210 Å². The molecule has 1 saturated heterocycles. The molecule has 190 valence electrons. The quantitative estimate of drug-likeness (QED) is 0.228. The molecule has 4 heterocycles. The van der Waals surface area contributed by atoms with E-state index in [1.807, 2.05) is 25.3 Å². The van der Waals surface area contributed by atoms with Gasteiger partial charge in [0.2, 0.25) is 0 Å². The Hall–Kier alpha value is -3.46. The van der Waals surface area contributed by atoms with Crippen LogP contribution in [0.2, 0.25) is 0 Å². The fourth-order valence-corrected chi connectivity index (χ4v) is 5.61. The number of hydrogen-bond acceptors (Lipinski definition) is 8. The van der Waals surface area contributed by atoms with E-state index in [2.05, 4.69) is 20.9 Å². The number of aromatic nitrogens is 1. The Morgan fingerprint density at radius 2 is 1.72 bits per heavy atom. The maximum absolute atomic E-state index is 13.5. The summed E-state index contributed by atoms with van der Waals surface area (Å²) in [6.07, 6.45) is 7.03. The number of pyridine rings is 1. The number of esters is 1. The normalized spacial score (nSPS) is 21.8. The van der Waals surface area contributed by atoms with Gasteiger partial charge in [-0.2, -0.15) is 0 Å². The molecular formula is C27H32N4O5. The Morgan fingerprint density at radius 1 is 0.917 bits per heavy atom.